The lowest BCUT2D eigenvalue weighted by atomic mass is 9.42. The number of nitrogens with zero attached hydrogens (tertiary/aromatic N) is 3. The van der Waals surface area contributed by atoms with Crippen molar-refractivity contribution in [3.05, 3.63) is 17.5 Å². The van der Waals surface area contributed by atoms with Gasteiger partial charge >= 0.3 is 0 Å². The van der Waals surface area contributed by atoms with Gasteiger partial charge in [0.2, 0.25) is 0 Å². The number of Topliss-reactive ketones (excluding diaryl/α,β-unsaturated/α-hetero) is 1. The summed E-state index contributed by atoms with van der Waals surface area (Å²) in [7, 11) is 1.83. The number of aryl methyl sites for hydroxylation is 1. The number of hydrogen-bond acceptors (Lipinski definition) is 5. The maximum atomic E-state index is 13.6. The third-order valence-electron chi connectivity index (χ3n) is 11.6. The van der Waals surface area contributed by atoms with Crippen LogP contribution in [-0.2, 0) is 23.0 Å². The van der Waals surface area contributed by atoms with E-state index in [9.17, 15) is 15.2 Å². The summed E-state index contributed by atoms with van der Waals surface area (Å²) >= 11 is 0. The van der Waals surface area contributed by atoms with Gasteiger partial charge in [0.15, 0.2) is 5.69 Å². The van der Waals surface area contributed by atoms with Crippen LogP contribution < -0.4 is 0 Å². The molecule has 6 heteroatoms. The molecular formula is C30H45N3O3. The second kappa shape index (κ2) is 9.55. The summed E-state index contributed by atoms with van der Waals surface area (Å²) in [5, 5.41) is 24.7. The first-order valence-electron chi connectivity index (χ1n) is 14.5. The van der Waals surface area contributed by atoms with Crippen molar-refractivity contribution in [2.45, 2.75) is 97.0 Å². The predicted molar refractivity (Wildman–Crippen MR) is 138 cm³/mol. The minimum Gasteiger partial charge on any atom is -0.387 e. The van der Waals surface area contributed by atoms with E-state index in [1.807, 2.05) is 14.0 Å². The van der Waals surface area contributed by atoms with Crippen LogP contribution in [0.3, 0.4) is 0 Å². The summed E-state index contributed by atoms with van der Waals surface area (Å²) in [6.45, 7) is 7.95. The second-order valence-electron chi connectivity index (χ2n) is 12.9. The zero-order valence-electron chi connectivity index (χ0n) is 22.8. The number of rotatable bonds is 7. The zero-order chi connectivity index (χ0) is 25.7. The van der Waals surface area contributed by atoms with Crippen LogP contribution >= 0.6 is 0 Å². The molecule has 8 atom stereocenters. The summed E-state index contributed by atoms with van der Waals surface area (Å²) in [5.41, 5.74) is 1.01. The Morgan fingerprint density at radius 2 is 2.00 bits per heavy atom. The quantitative estimate of drug-likeness (QED) is 0.560. The van der Waals surface area contributed by atoms with E-state index in [4.69, 9.17) is 4.74 Å². The van der Waals surface area contributed by atoms with Gasteiger partial charge in [0.25, 0.3) is 0 Å². The number of aromatic nitrogens is 2. The fourth-order valence-electron chi connectivity index (χ4n) is 9.82. The minimum atomic E-state index is -0.655. The van der Waals surface area contributed by atoms with Crippen LogP contribution in [0.4, 0.5) is 0 Å². The first kappa shape index (κ1) is 25.9. The number of nitriles is 1. The number of hydrogen-bond donors (Lipinski definition) is 1. The van der Waals surface area contributed by atoms with Gasteiger partial charge in [-0.1, -0.05) is 13.8 Å². The smallest absolute Gasteiger partial charge is 0.162 e. The number of aliphatic hydroxyl groups is 1. The molecule has 4 fully saturated rings. The van der Waals surface area contributed by atoms with Crippen LogP contribution in [0, 0.1) is 51.8 Å². The Bertz CT molecular complexity index is 1030. The lowest BCUT2D eigenvalue weighted by molar-refractivity contribution is -0.173. The van der Waals surface area contributed by atoms with E-state index >= 15 is 0 Å². The summed E-state index contributed by atoms with van der Waals surface area (Å²) in [6, 6.07) is 3.87. The van der Waals surface area contributed by atoms with Gasteiger partial charge < -0.3 is 9.84 Å². The van der Waals surface area contributed by atoms with Crippen molar-refractivity contribution in [3.8, 4) is 6.07 Å². The third kappa shape index (κ3) is 4.06. The number of fused-ring (bicyclic) bond motifs is 5. The predicted octanol–water partition coefficient (Wildman–Crippen LogP) is 5.22. The number of ether oxygens (including phenoxy) is 1. The highest BCUT2D eigenvalue weighted by Crippen LogP contribution is 2.69. The Balaban J connectivity index is 1.33. The van der Waals surface area contributed by atoms with Gasteiger partial charge in [-0.25, -0.2) is 0 Å². The van der Waals surface area contributed by atoms with E-state index in [1.165, 1.54) is 32.1 Å². The second-order valence-corrected chi connectivity index (χ2v) is 12.9. The highest BCUT2D eigenvalue weighted by molar-refractivity contribution is 5.84. The molecule has 4 saturated carbocycles. The van der Waals surface area contributed by atoms with Crippen molar-refractivity contribution < 1.29 is 14.6 Å². The number of carbonyl (C=O) groups is 1. The van der Waals surface area contributed by atoms with E-state index in [-0.39, 0.29) is 11.3 Å². The number of carbonyl (C=O) groups excluding carboxylic acids is 1. The molecule has 1 aromatic rings. The molecule has 4 aliphatic carbocycles. The van der Waals surface area contributed by atoms with Crippen LogP contribution in [0.1, 0.15) is 96.4 Å². The summed E-state index contributed by atoms with van der Waals surface area (Å²) < 4.78 is 7.39. The fourth-order valence-corrected chi connectivity index (χ4v) is 9.82. The van der Waals surface area contributed by atoms with E-state index in [0.717, 1.165) is 43.7 Å². The van der Waals surface area contributed by atoms with Crippen LogP contribution in [-0.4, -0.2) is 39.5 Å². The van der Waals surface area contributed by atoms with Crippen molar-refractivity contribution in [2.24, 2.45) is 47.5 Å². The van der Waals surface area contributed by atoms with E-state index in [2.05, 4.69) is 25.0 Å². The average molecular weight is 496 g/mol. The Morgan fingerprint density at radius 1 is 1.19 bits per heavy atom. The van der Waals surface area contributed by atoms with Gasteiger partial charge in [-0.15, -0.1) is 0 Å². The number of ketones is 1. The normalized spacial score (nSPS) is 41.7. The van der Waals surface area contributed by atoms with Crippen LogP contribution in [0.25, 0.3) is 0 Å². The van der Waals surface area contributed by atoms with Crippen LogP contribution in [0.2, 0.25) is 0 Å². The molecule has 6 nitrogen and oxygen atoms in total. The summed E-state index contributed by atoms with van der Waals surface area (Å²) in [4.78, 5) is 13.6. The Labute approximate surface area is 216 Å². The van der Waals surface area contributed by atoms with Gasteiger partial charge in [0, 0.05) is 31.7 Å². The van der Waals surface area contributed by atoms with Crippen molar-refractivity contribution in [1.29, 1.82) is 5.26 Å². The van der Waals surface area contributed by atoms with Crippen LogP contribution in [0.15, 0.2) is 6.07 Å². The molecule has 0 aliphatic heterocycles. The van der Waals surface area contributed by atoms with Crippen molar-refractivity contribution in [1.82, 2.24) is 9.78 Å². The third-order valence-corrected chi connectivity index (χ3v) is 11.6. The SMILES string of the molecule is CCOC[C@@]1(O)CC[C@@]2(CC)[C@H](CC[C@H]3[C@@H]4CC[C@H](C(=O)Cc5cc(C#N)nn5C)[C@@]4(C)CC[C@@H]32)C1. The Kier molecular flexibility index (Phi) is 6.88. The monoisotopic (exact) mass is 495 g/mol. The molecule has 0 unspecified atom stereocenters. The van der Waals surface area contributed by atoms with Crippen molar-refractivity contribution in [3.63, 3.8) is 0 Å². The standard InChI is InChI=1S/C30H45N3O3/c1-5-30-14-13-29(35,19-36-6-2)17-20(30)7-8-23-24-9-10-26(28(24,3)12-11-25(23)30)27(34)16-22-15-21(18-31)32-33(22)4/h15,20,23-26,35H,5-14,16-17,19H2,1-4H3/t20-,23+,24+,25+,26-,28+,29-,30+/m1/s1. The van der Waals surface area contributed by atoms with E-state index < -0.39 is 5.60 Å². The first-order chi connectivity index (χ1) is 17.2. The van der Waals surface area contributed by atoms with Gasteiger partial charge in [-0.3, -0.25) is 9.48 Å². The molecule has 5 rings (SSSR count). The summed E-state index contributed by atoms with van der Waals surface area (Å²) in [5.74, 6) is 3.09. The molecule has 0 radical (unpaired) electrons. The maximum Gasteiger partial charge on any atom is 0.162 e. The van der Waals surface area contributed by atoms with Crippen molar-refractivity contribution in [2.75, 3.05) is 13.2 Å². The highest BCUT2D eigenvalue weighted by atomic mass is 16.5. The maximum absolute atomic E-state index is 13.6. The van der Waals surface area contributed by atoms with E-state index in [0.29, 0.717) is 54.3 Å². The molecule has 0 saturated heterocycles. The van der Waals surface area contributed by atoms with Crippen molar-refractivity contribution >= 4 is 5.78 Å². The molecule has 4 aliphatic rings. The molecule has 0 amide bonds. The zero-order valence-corrected chi connectivity index (χ0v) is 22.8. The molecule has 1 N–H and O–H groups in total. The Morgan fingerprint density at radius 3 is 2.69 bits per heavy atom. The lowest BCUT2D eigenvalue weighted by Gasteiger charge is -2.63. The molecule has 1 aromatic heterocycles. The first-order valence-corrected chi connectivity index (χ1v) is 14.5. The van der Waals surface area contributed by atoms with Gasteiger partial charge in [0.05, 0.1) is 12.2 Å². The Hall–Kier alpha value is -1.71. The molecule has 1 heterocycles. The topological polar surface area (TPSA) is 88.1 Å². The highest BCUT2D eigenvalue weighted by Gasteiger charge is 2.62. The lowest BCUT2D eigenvalue weighted by Crippen LogP contribution is -2.57. The van der Waals surface area contributed by atoms with E-state index in [1.54, 1.807) is 10.7 Å². The van der Waals surface area contributed by atoms with Crippen LogP contribution in [0.5, 0.6) is 0 Å². The molecule has 36 heavy (non-hydrogen) atoms. The summed E-state index contributed by atoms with van der Waals surface area (Å²) in [6.07, 6.45) is 11.4. The average Bonchev–Trinajstić information content (AvgIpc) is 3.41. The van der Waals surface area contributed by atoms with Gasteiger partial charge in [-0.2, -0.15) is 10.4 Å². The van der Waals surface area contributed by atoms with Gasteiger partial charge in [-0.05, 0) is 112 Å². The molecular weight excluding hydrogens is 450 g/mol. The van der Waals surface area contributed by atoms with Gasteiger partial charge in [0.1, 0.15) is 11.9 Å². The molecule has 0 aromatic carbocycles. The minimum absolute atomic E-state index is 0.0844. The fraction of sp³-hybridized carbons (Fsp3) is 0.833. The molecule has 0 spiro atoms. The largest absolute Gasteiger partial charge is 0.387 e. The molecule has 0 bridgehead atoms. The molecule has 198 valence electrons.